The molecule has 1 N–H and O–H groups in total. The van der Waals surface area contributed by atoms with Crippen LogP contribution in [0.25, 0.3) is 0 Å². The summed E-state index contributed by atoms with van der Waals surface area (Å²) in [5, 5.41) is 11.6. The predicted octanol–water partition coefficient (Wildman–Crippen LogP) is 2.62. The number of hydrogen-bond acceptors (Lipinski definition) is 3. The molecule has 102 valence electrons. The lowest BCUT2D eigenvalue weighted by Gasteiger charge is -2.10. The van der Waals surface area contributed by atoms with Crippen LogP contribution in [0.4, 0.5) is 0 Å². The fourth-order valence-corrected chi connectivity index (χ4v) is 2.52. The molecule has 1 amide bonds. The molecule has 1 unspecified atom stereocenters. The topological polar surface area (TPSA) is 70.0 Å². The summed E-state index contributed by atoms with van der Waals surface area (Å²) in [6.45, 7) is 0. The van der Waals surface area contributed by atoms with Crippen molar-refractivity contribution in [2.45, 2.75) is 12.5 Å². The molecule has 1 aliphatic rings. The molecular formula is C17H12N2O2. The summed E-state index contributed by atoms with van der Waals surface area (Å²) in [6, 6.07) is 15.6. The van der Waals surface area contributed by atoms with E-state index in [4.69, 9.17) is 5.26 Å². The Bertz CT molecular complexity index is 757. The van der Waals surface area contributed by atoms with Crippen LogP contribution in [0.2, 0.25) is 0 Å². The Morgan fingerprint density at radius 3 is 2.57 bits per heavy atom. The highest BCUT2D eigenvalue weighted by Crippen LogP contribution is 2.28. The van der Waals surface area contributed by atoms with Crippen molar-refractivity contribution in [1.82, 2.24) is 5.32 Å². The minimum Gasteiger partial charge on any atom is -0.345 e. The number of rotatable bonds is 3. The van der Waals surface area contributed by atoms with Crippen LogP contribution in [0.3, 0.4) is 0 Å². The molecule has 0 aromatic heterocycles. The van der Waals surface area contributed by atoms with E-state index in [1.807, 2.05) is 24.3 Å². The predicted molar refractivity (Wildman–Crippen MR) is 76.8 cm³/mol. The van der Waals surface area contributed by atoms with E-state index in [0.29, 0.717) is 16.7 Å². The van der Waals surface area contributed by atoms with E-state index >= 15 is 0 Å². The van der Waals surface area contributed by atoms with Crippen molar-refractivity contribution in [1.29, 1.82) is 5.26 Å². The molecule has 21 heavy (non-hydrogen) atoms. The van der Waals surface area contributed by atoms with E-state index in [2.05, 4.69) is 5.32 Å². The maximum Gasteiger partial charge on any atom is 0.252 e. The van der Waals surface area contributed by atoms with Crippen LogP contribution in [-0.2, 0) is 0 Å². The average molecular weight is 276 g/mol. The maximum absolute atomic E-state index is 12.3. The van der Waals surface area contributed by atoms with Crippen LogP contribution in [0.1, 0.15) is 44.3 Å². The number of benzene rings is 2. The molecule has 0 fully saturated rings. The van der Waals surface area contributed by atoms with Gasteiger partial charge in [0.2, 0.25) is 0 Å². The standard InChI is InChI=1S/C17H12N2O2/c18-10-11-5-7-12(8-6-11)16(20)9-15-13-3-1-2-4-14(13)17(21)19-15/h1-8,15H,9H2,(H,19,21). The fourth-order valence-electron chi connectivity index (χ4n) is 2.52. The first-order valence-electron chi connectivity index (χ1n) is 6.62. The van der Waals surface area contributed by atoms with Gasteiger partial charge in [-0.15, -0.1) is 0 Å². The second-order valence-electron chi connectivity index (χ2n) is 4.93. The molecule has 1 heterocycles. The first kappa shape index (κ1) is 13.1. The Labute approximate surface area is 122 Å². The molecule has 1 atom stereocenters. The largest absolute Gasteiger partial charge is 0.345 e. The second-order valence-corrected chi connectivity index (χ2v) is 4.93. The molecule has 0 bridgehead atoms. The normalized spacial score (nSPS) is 16.0. The summed E-state index contributed by atoms with van der Waals surface area (Å²) in [5.41, 5.74) is 2.57. The van der Waals surface area contributed by atoms with Crippen molar-refractivity contribution in [3.05, 3.63) is 70.8 Å². The summed E-state index contributed by atoms with van der Waals surface area (Å²) in [6.07, 6.45) is 0.217. The smallest absolute Gasteiger partial charge is 0.252 e. The van der Waals surface area contributed by atoms with Gasteiger partial charge in [0.25, 0.3) is 5.91 Å². The number of nitriles is 1. The minimum atomic E-state index is -0.281. The average Bonchev–Trinajstić information content (AvgIpc) is 2.84. The van der Waals surface area contributed by atoms with Gasteiger partial charge in [-0.1, -0.05) is 30.3 Å². The van der Waals surface area contributed by atoms with Gasteiger partial charge in [-0.25, -0.2) is 0 Å². The molecular weight excluding hydrogens is 264 g/mol. The van der Waals surface area contributed by atoms with E-state index < -0.39 is 0 Å². The van der Waals surface area contributed by atoms with Gasteiger partial charge in [-0.05, 0) is 23.8 Å². The van der Waals surface area contributed by atoms with Gasteiger partial charge in [-0.3, -0.25) is 9.59 Å². The lowest BCUT2D eigenvalue weighted by Crippen LogP contribution is -2.21. The molecule has 2 aromatic carbocycles. The van der Waals surface area contributed by atoms with Crippen molar-refractivity contribution < 1.29 is 9.59 Å². The van der Waals surface area contributed by atoms with Crippen LogP contribution >= 0.6 is 0 Å². The Hall–Kier alpha value is -2.93. The number of amides is 1. The van der Waals surface area contributed by atoms with E-state index in [0.717, 1.165) is 5.56 Å². The van der Waals surface area contributed by atoms with E-state index in [1.165, 1.54) is 0 Å². The molecule has 3 rings (SSSR count). The van der Waals surface area contributed by atoms with E-state index in [1.54, 1.807) is 30.3 Å². The van der Waals surface area contributed by atoms with Gasteiger partial charge in [0.1, 0.15) is 0 Å². The summed E-state index contributed by atoms with van der Waals surface area (Å²) in [5.74, 6) is -0.190. The highest BCUT2D eigenvalue weighted by Gasteiger charge is 2.29. The molecule has 0 radical (unpaired) electrons. The van der Waals surface area contributed by atoms with Gasteiger partial charge in [0.05, 0.1) is 17.7 Å². The third-order valence-corrected chi connectivity index (χ3v) is 3.61. The number of hydrogen-bond donors (Lipinski definition) is 1. The minimum absolute atomic E-state index is 0.0542. The number of nitrogens with zero attached hydrogens (tertiary/aromatic N) is 1. The lowest BCUT2D eigenvalue weighted by atomic mass is 9.97. The Morgan fingerprint density at radius 1 is 1.14 bits per heavy atom. The molecule has 4 nitrogen and oxygen atoms in total. The molecule has 4 heteroatoms. The molecule has 0 aliphatic carbocycles. The van der Waals surface area contributed by atoms with Crippen molar-refractivity contribution in [3.63, 3.8) is 0 Å². The molecule has 0 saturated heterocycles. The second kappa shape index (κ2) is 5.22. The van der Waals surface area contributed by atoms with E-state index in [9.17, 15) is 9.59 Å². The zero-order chi connectivity index (χ0) is 14.8. The van der Waals surface area contributed by atoms with Crippen molar-refractivity contribution in [2.75, 3.05) is 0 Å². The maximum atomic E-state index is 12.3. The molecule has 0 saturated carbocycles. The first-order chi connectivity index (χ1) is 10.2. The van der Waals surface area contributed by atoms with E-state index in [-0.39, 0.29) is 24.2 Å². The van der Waals surface area contributed by atoms with Crippen LogP contribution in [0.5, 0.6) is 0 Å². The highest BCUT2D eigenvalue weighted by molar-refractivity contribution is 6.01. The fraction of sp³-hybridized carbons (Fsp3) is 0.118. The third kappa shape index (κ3) is 2.41. The Morgan fingerprint density at radius 2 is 1.86 bits per heavy atom. The van der Waals surface area contributed by atoms with Gasteiger partial charge in [-0.2, -0.15) is 5.26 Å². The Balaban J connectivity index is 1.80. The molecule has 1 aliphatic heterocycles. The van der Waals surface area contributed by atoms with Crippen LogP contribution in [-0.4, -0.2) is 11.7 Å². The van der Waals surface area contributed by atoms with Crippen LogP contribution in [0, 0.1) is 11.3 Å². The Kier molecular flexibility index (Phi) is 3.25. The molecule has 0 spiro atoms. The van der Waals surface area contributed by atoms with Gasteiger partial charge >= 0.3 is 0 Å². The number of carbonyl (C=O) groups excluding carboxylic acids is 2. The highest BCUT2D eigenvalue weighted by atomic mass is 16.2. The summed E-state index contributed by atoms with van der Waals surface area (Å²) in [4.78, 5) is 24.1. The number of Topliss-reactive ketones (excluding diaryl/α,β-unsaturated/α-hetero) is 1. The number of nitrogens with one attached hydrogen (secondary N) is 1. The number of ketones is 1. The van der Waals surface area contributed by atoms with Crippen LogP contribution < -0.4 is 5.32 Å². The SMILES string of the molecule is N#Cc1ccc(C(=O)CC2NC(=O)c3ccccc32)cc1. The molecule has 2 aromatic rings. The quantitative estimate of drug-likeness (QED) is 0.876. The van der Waals surface area contributed by atoms with Crippen molar-refractivity contribution >= 4 is 11.7 Å². The summed E-state index contributed by atoms with van der Waals surface area (Å²) < 4.78 is 0. The first-order valence-corrected chi connectivity index (χ1v) is 6.62. The van der Waals surface area contributed by atoms with Gasteiger partial charge in [0, 0.05) is 17.5 Å². The number of fused-ring (bicyclic) bond motifs is 1. The monoisotopic (exact) mass is 276 g/mol. The zero-order valence-electron chi connectivity index (χ0n) is 11.2. The summed E-state index contributed by atoms with van der Waals surface area (Å²) in [7, 11) is 0. The van der Waals surface area contributed by atoms with Crippen LogP contribution in [0.15, 0.2) is 48.5 Å². The number of carbonyl (C=O) groups is 2. The summed E-state index contributed by atoms with van der Waals surface area (Å²) >= 11 is 0. The third-order valence-electron chi connectivity index (χ3n) is 3.61. The van der Waals surface area contributed by atoms with Crippen molar-refractivity contribution in [3.8, 4) is 6.07 Å². The zero-order valence-corrected chi connectivity index (χ0v) is 11.2. The van der Waals surface area contributed by atoms with Gasteiger partial charge in [0.15, 0.2) is 5.78 Å². The van der Waals surface area contributed by atoms with Gasteiger partial charge < -0.3 is 5.32 Å². The lowest BCUT2D eigenvalue weighted by molar-refractivity contribution is 0.0933. The van der Waals surface area contributed by atoms with Crippen molar-refractivity contribution in [2.24, 2.45) is 0 Å².